The fourth-order valence-electron chi connectivity index (χ4n) is 5.20. The predicted octanol–water partition coefficient (Wildman–Crippen LogP) is 5.14. The maximum Gasteiger partial charge on any atom is 0.410 e. The summed E-state index contributed by atoms with van der Waals surface area (Å²) in [6, 6.07) is 7.96. The van der Waals surface area contributed by atoms with Crippen LogP contribution in [0.25, 0.3) is 22.2 Å². The molecule has 0 radical (unpaired) electrons. The second kappa shape index (κ2) is 8.94. The normalized spacial score (nSPS) is 19.6. The van der Waals surface area contributed by atoms with Crippen LogP contribution in [-0.2, 0) is 16.0 Å². The summed E-state index contributed by atoms with van der Waals surface area (Å²) in [5, 5.41) is 1.64. The van der Waals surface area contributed by atoms with Gasteiger partial charge < -0.3 is 24.3 Å². The molecule has 3 aliphatic rings. The van der Waals surface area contributed by atoms with E-state index in [2.05, 4.69) is 16.0 Å². The molecular weight excluding hydrogens is 492 g/mol. The van der Waals surface area contributed by atoms with E-state index in [9.17, 15) is 9.59 Å². The maximum atomic E-state index is 13.4. The number of carbonyl (C=O) groups excluding carboxylic acids is 2. The lowest BCUT2D eigenvalue weighted by Gasteiger charge is -2.36. The number of nitrogens with zero attached hydrogens (tertiary/aromatic N) is 3. The molecule has 194 valence electrons. The number of halogens is 1. The van der Waals surface area contributed by atoms with E-state index in [1.54, 1.807) is 16.0 Å². The maximum absolute atomic E-state index is 13.4. The zero-order chi connectivity index (χ0) is 25.9. The molecule has 2 aromatic heterocycles. The van der Waals surface area contributed by atoms with Crippen LogP contribution < -0.4 is 4.74 Å². The molecule has 6 rings (SSSR count). The Kier molecular flexibility index (Phi) is 5.82. The summed E-state index contributed by atoms with van der Waals surface area (Å²) in [5.41, 5.74) is 4.31. The van der Waals surface area contributed by atoms with Crippen LogP contribution in [0, 0.1) is 0 Å². The SMILES string of the molecule is CC(C)(C)OC(=O)N1CCN(C(=O)C2Cc3cc(Cl)cc(-c4ccnc5[nH]c(C6CC6)cc45)c3O2)CC1. The van der Waals surface area contributed by atoms with E-state index in [4.69, 9.17) is 21.1 Å². The number of aromatic nitrogens is 2. The Morgan fingerprint density at radius 3 is 2.51 bits per heavy atom. The van der Waals surface area contributed by atoms with E-state index in [0.717, 1.165) is 27.7 Å². The molecule has 9 heteroatoms. The zero-order valence-corrected chi connectivity index (χ0v) is 22.1. The minimum atomic E-state index is -0.620. The number of amides is 2. The summed E-state index contributed by atoms with van der Waals surface area (Å²) in [7, 11) is 0. The number of carbonyl (C=O) groups is 2. The highest BCUT2D eigenvalue weighted by Crippen LogP contribution is 2.45. The van der Waals surface area contributed by atoms with Crippen LogP contribution in [0.5, 0.6) is 5.75 Å². The van der Waals surface area contributed by atoms with Crippen molar-refractivity contribution in [2.75, 3.05) is 26.2 Å². The van der Waals surface area contributed by atoms with E-state index in [1.165, 1.54) is 18.5 Å². The van der Waals surface area contributed by atoms with Crippen molar-refractivity contribution < 1.29 is 19.1 Å². The molecule has 2 amide bonds. The van der Waals surface area contributed by atoms with Crippen molar-refractivity contribution >= 4 is 34.6 Å². The van der Waals surface area contributed by atoms with Gasteiger partial charge in [0, 0.05) is 66.0 Å². The topological polar surface area (TPSA) is 87.8 Å². The van der Waals surface area contributed by atoms with Gasteiger partial charge in [-0.25, -0.2) is 9.78 Å². The molecule has 0 spiro atoms. The highest BCUT2D eigenvalue weighted by molar-refractivity contribution is 6.31. The lowest BCUT2D eigenvalue weighted by atomic mass is 9.99. The first-order chi connectivity index (χ1) is 17.7. The first kappa shape index (κ1) is 24.1. The van der Waals surface area contributed by atoms with Crippen molar-refractivity contribution in [1.29, 1.82) is 0 Å². The number of hydrogen-bond acceptors (Lipinski definition) is 5. The molecule has 2 fully saturated rings. The van der Waals surface area contributed by atoms with E-state index in [-0.39, 0.29) is 12.0 Å². The molecule has 1 atom stereocenters. The first-order valence-corrected chi connectivity index (χ1v) is 13.3. The van der Waals surface area contributed by atoms with E-state index < -0.39 is 11.7 Å². The Hall–Kier alpha value is -3.26. The van der Waals surface area contributed by atoms with Gasteiger partial charge >= 0.3 is 6.09 Å². The van der Waals surface area contributed by atoms with Crippen molar-refractivity contribution in [3.05, 3.63) is 46.7 Å². The molecule has 2 aliphatic heterocycles. The molecule has 1 saturated heterocycles. The smallest absolute Gasteiger partial charge is 0.410 e. The minimum Gasteiger partial charge on any atom is -0.479 e. The molecule has 1 aliphatic carbocycles. The van der Waals surface area contributed by atoms with Crippen LogP contribution in [-0.4, -0.2) is 69.7 Å². The molecule has 8 nitrogen and oxygen atoms in total. The first-order valence-electron chi connectivity index (χ1n) is 12.9. The number of rotatable bonds is 3. The van der Waals surface area contributed by atoms with Crippen molar-refractivity contribution in [1.82, 2.24) is 19.8 Å². The van der Waals surface area contributed by atoms with Crippen molar-refractivity contribution in [3.63, 3.8) is 0 Å². The van der Waals surface area contributed by atoms with Gasteiger partial charge in [0.1, 0.15) is 17.0 Å². The van der Waals surface area contributed by atoms with Gasteiger partial charge in [-0.2, -0.15) is 0 Å². The predicted molar refractivity (Wildman–Crippen MR) is 141 cm³/mol. The lowest BCUT2D eigenvalue weighted by Crippen LogP contribution is -2.54. The van der Waals surface area contributed by atoms with Crippen LogP contribution in [0.2, 0.25) is 5.02 Å². The average Bonchev–Trinajstić information content (AvgIpc) is 3.46. The lowest BCUT2D eigenvalue weighted by molar-refractivity contribution is -0.139. The molecule has 4 heterocycles. The Labute approximate surface area is 220 Å². The summed E-state index contributed by atoms with van der Waals surface area (Å²) < 4.78 is 11.8. The monoisotopic (exact) mass is 522 g/mol. The fraction of sp³-hybridized carbons (Fsp3) is 0.464. The Morgan fingerprint density at radius 2 is 1.81 bits per heavy atom. The standard InChI is InChI=1S/C28H31ClN4O4/c1-28(2,3)37-27(35)33-10-8-32(9-11-33)26(34)23-13-17-12-18(29)14-20(24(17)36-23)19-6-7-30-25-21(19)15-22(31-25)16-4-5-16/h6-7,12,14-16,23H,4-5,8-11,13H2,1-3H3,(H,30,31). The molecular formula is C28H31ClN4O4. The highest BCUT2D eigenvalue weighted by Gasteiger charge is 2.37. The van der Waals surface area contributed by atoms with Crippen LogP contribution >= 0.6 is 11.6 Å². The third-order valence-corrected chi connectivity index (χ3v) is 7.39. The van der Waals surface area contributed by atoms with Crippen LogP contribution in [0.4, 0.5) is 4.79 Å². The van der Waals surface area contributed by atoms with Gasteiger partial charge in [-0.1, -0.05) is 11.6 Å². The number of benzene rings is 1. The van der Waals surface area contributed by atoms with Crippen LogP contribution in [0.3, 0.4) is 0 Å². The quantitative estimate of drug-likeness (QED) is 0.514. The number of nitrogens with one attached hydrogen (secondary N) is 1. The van der Waals surface area contributed by atoms with Crippen LogP contribution in [0.1, 0.15) is 50.8 Å². The minimum absolute atomic E-state index is 0.0698. The number of H-pyrrole nitrogens is 1. The summed E-state index contributed by atoms with van der Waals surface area (Å²) in [6.07, 6.45) is 3.69. The third-order valence-electron chi connectivity index (χ3n) is 7.17. The second-order valence-electron chi connectivity index (χ2n) is 11.2. The fourth-order valence-corrected chi connectivity index (χ4v) is 5.44. The van der Waals surface area contributed by atoms with Crippen LogP contribution in [0.15, 0.2) is 30.5 Å². The Bertz CT molecular complexity index is 1380. The van der Waals surface area contributed by atoms with Gasteiger partial charge in [0.05, 0.1) is 0 Å². The number of pyridine rings is 1. The van der Waals surface area contributed by atoms with E-state index in [1.807, 2.05) is 39.0 Å². The summed E-state index contributed by atoms with van der Waals surface area (Å²) in [6.45, 7) is 7.30. The number of piperazine rings is 1. The molecule has 3 aromatic rings. The number of ether oxygens (including phenoxy) is 2. The van der Waals surface area contributed by atoms with Crippen molar-refractivity contribution in [3.8, 4) is 16.9 Å². The molecule has 1 saturated carbocycles. The summed E-state index contributed by atoms with van der Waals surface area (Å²) in [5.74, 6) is 1.22. The number of fused-ring (bicyclic) bond motifs is 2. The van der Waals surface area contributed by atoms with Crippen molar-refractivity contribution in [2.24, 2.45) is 0 Å². The molecule has 1 aromatic carbocycles. The highest BCUT2D eigenvalue weighted by atomic mass is 35.5. The molecule has 37 heavy (non-hydrogen) atoms. The van der Waals surface area contributed by atoms with E-state index in [0.29, 0.717) is 49.3 Å². The Morgan fingerprint density at radius 1 is 1.08 bits per heavy atom. The van der Waals surface area contributed by atoms with Gasteiger partial charge in [0.2, 0.25) is 0 Å². The largest absolute Gasteiger partial charge is 0.479 e. The van der Waals surface area contributed by atoms with Gasteiger partial charge in [0.15, 0.2) is 6.10 Å². The third kappa shape index (κ3) is 4.75. The van der Waals surface area contributed by atoms with Gasteiger partial charge in [-0.15, -0.1) is 0 Å². The second-order valence-corrected chi connectivity index (χ2v) is 11.6. The number of aromatic amines is 1. The molecule has 0 bridgehead atoms. The van der Waals surface area contributed by atoms with Crippen molar-refractivity contribution in [2.45, 2.75) is 57.7 Å². The Balaban J connectivity index is 1.20. The average molecular weight is 523 g/mol. The van der Waals surface area contributed by atoms with Gasteiger partial charge in [0.25, 0.3) is 5.91 Å². The van der Waals surface area contributed by atoms with E-state index >= 15 is 0 Å². The number of hydrogen-bond donors (Lipinski definition) is 1. The zero-order valence-electron chi connectivity index (χ0n) is 21.3. The summed E-state index contributed by atoms with van der Waals surface area (Å²) >= 11 is 6.54. The molecule has 1 unspecified atom stereocenters. The molecule has 1 N–H and O–H groups in total. The van der Waals surface area contributed by atoms with Gasteiger partial charge in [-0.3, -0.25) is 4.79 Å². The van der Waals surface area contributed by atoms with Gasteiger partial charge in [-0.05, 0) is 69.4 Å². The summed E-state index contributed by atoms with van der Waals surface area (Å²) in [4.78, 5) is 37.2.